The van der Waals surface area contributed by atoms with Crippen LogP contribution in [0.15, 0.2) is 23.0 Å². The van der Waals surface area contributed by atoms with Crippen molar-refractivity contribution >= 4 is 22.9 Å². The van der Waals surface area contributed by atoms with Gasteiger partial charge in [0.1, 0.15) is 0 Å². The molecular weight excluding hydrogens is 296 g/mol. The van der Waals surface area contributed by atoms with Crippen molar-refractivity contribution in [2.24, 2.45) is 0 Å². The molecule has 0 spiro atoms. The minimum absolute atomic E-state index is 0.577. The van der Waals surface area contributed by atoms with Gasteiger partial charge in [-0.15, -0.1) is 11.3 Å². The van der Waals surface area contributed by atoms with Crippen LogP contribution in [0.1, 0.15) is 11.3 Å². The van der Waals surface area contributed by atoms with Crippen LogP contribution in [0.5, 0.6) is 11.5 Å². The molecule has 0 aliphatic rings. The molecule has 0 atom stereocenters. The number of hydrogen-bond acceptors (Lipinski definition) is 5. The Balaban J connectivity index is 1.92. The topological polar surface area (TPSA) is 43.4 Å². The van der Waals surface area contributed by atoms with E-state index in [9.17, 15) is 0 Å². The first-order chi connectivity index (χ1) is 9.76. The van der Waals surface area contributed by atoms with E-state index in [-0.39, 0.29) is 0 Å². The number of nitrogens with zero attached hydrogens (tertiary/aromatic N) is 1. The van der Waals surface area contributed by atoms with Gasteiger partial charge in [0, 0.05) is 24.9 Å². The molecule has 0 bridgehead atoms. The van der Waals surface area contributed by atoms with Crippen LogP contribution in [0.2, 0.25) is 5.02 Å². The van der Waals surface area contributed by atoms with Gasteiger partial charge in [-0.25, -0.2) is 4.98 Å². The summed E-state index contributed by atoms with van der Waals surface area (Å²) in [6.45, 7) is 1.54. The van der Waals surface area contributed by atoms with Crippen LogP contribution >= 0.6 is 22.9 Å². The zero-order valence-corrected chi connectivity index (χ0v) is 13.1. The van der Waals surface area contributed by atoms with E-state index in [4.69, 9.17) is 21.1 Å². The number of rotatable bonds is 7. The number of hydrogen-bond donors (Lipinski definition) is 1. The van der Waals surface area contributed by atoms with E-state index in [0.717, 1.165) is 24.2 Å². The van der Waals surface area contributed by atoms with Crippen molar-refractivity contribution in [2.45, 2.75) is 13.0 Å². The first kappa shape index (κ1) is 15.1. The third kappa shape index (κ3) is 3.62. The minimum Gasteiger partial charge on any atom is -0.493 e. The summed E-state index contributed by atoms with van der Waals surface area (Å²) in [5.74, 6) is 1.22. The average Bonchev–Trinajstić information content (AvgIpc) is 2.97. The fourth-order valence-electron chi connectivity index (χ4n) is 1.87. The summed E-state index contributed by atoms with van der Waals surface area (Å²) in [7, 11) is 3.18. The van der Waals surface area contributed by atoms with Crippen molar-refractivity contribution in [3.05, 3.63) is 39.3 Å². The molecule has 20 heavy (non-hydrogen) atoms. The predicted octanol–water partition coefficient (Wildman–Crippen LogP) is 3.15. The predicted molar refractivity (Wildman–Crippen MR) is 82.1 cm³/mol. The molecule has 0 radical (unpaired) electrons. The lowest BCUT2D eigenvalue weighted by molar-refractivity contribution is 0.354. The summed E-state index contributed by atoms with van der Waals surface area (Å²) in [5, 5.41) is 6.00. The first-order valence-corrected chi connectivity index (χ1v) is 7.55. The highest BCUT2D eigenvalue weighted by Gasteiger charge is 2.12. The van der Waals surface area contributed by atoms with Crippen LogP contribution in [0.3, 0.4) is 0 Å². The summed E-state index contributed by atoms with van der Waals surface area (Å²) in [5.41, 5.74) is 3.95. The summed E-state index contributed by atoms with van der Waals surface area (Å²) in [4.78, 5) is 4.24. The van der Waals surface area contributed by atoms with Gasteiger partial charge in [0.25, 0.3) is 0 Å². The Morgan fingerprint density at radius 1 is 1.30 bits per heavy atom. The van der Waals surface area contributed by atoms with Crippen LogP contribution in [0, 0.1) is 0 Å². The van der Waals surface area contributed by atoms with Crippen molar-refractivity contribution in [2.75, 3.05) is 20.8 Å². The van der Waals surface area contributed by atoms with Crippen molar-refractivity contribution in [3.8, 4) is 11.5 Å². The second-order valence-electron chi connectivity index (χ2n) is 4.18. The second kappa shape index (κ2) is 7.47. The zero-order chi connectivity index (χ0) is 14.4. The van der Waals surface area contributed by atoms with Crippen molar-refractivity contribution in [1.29, 1.82) is 0 Å². The lowest BCUT2D eigenvalue weighted by Gasteiger charge is -2.13. The number of methoxy groups -OCH3 is 2. The molecule has 1 heterocycles. The van der Waals surface area contributed by atoms with E-state index >= 15 is 0 Å². The molecule has 2 rings (SSSR count). The molecule has 0 fully saturated rings. The Kier molecular flexibility index (Phi) is 5.64. The molecule has 0 saturated carbocycles. The molecule has 0 unspecified atom stereocenters. The average molecular weight is 313 g/mol. The normalized spacial score (nSPS) is 10.6. The van der Waals surface area contributed by atoms with Gasteiger partial charge in [-0.2, -0.15) is 0 Å². The highest BCUT2D eigenvalue weighted by Crippen LogP contribution is 2.37. The number of halogens is 1. The minimum atomic E-state index is 0.577. The Morgan fingerprint density at radius 3 is 2.80 bits per heavy atom. The number of aromatic nitrogens is 1. The van der Waals surface area contributed by atoms with E-state index in [1.54, 1.807) is 25.6 Å². The molecule has 1 aromatic carbocycles. The molecule has 1 N–H and O–H groups in total. The molecule has 0 aliphatic heterocycles. The van der Waals surface area contributed by atoms with Gasteiger partial charge < -0.3 is 14.8 Å². The monoisotopic (exact) mass is 312 g/mol. The van der Waals surface area contributed by atoms with Crippen LogP contribution < -0.4 is 14.8 Å². The Hall–Kier alpha value is -1.30. The van der Waals surface area contributed by atoms with Crippen LogP contribution in [-0.2, 0) is 13.0 Å². The van der Waals surface area contributed by atoms with Gasteiger partial charge in [-0.1, -0.05) is 17.7 Å². The van der Waals surface area contributed by atoms with E-state index < -0.39 is 0 Å². The maximum Gasteiger partial charge on any atom is 0.179 e. The zero-order valence-electron chi connectivity index (χ0n) is 11.5. The van der Waals surface area contributed by atoms with Gasteiger partial charge >= 0.3 is 0 Å². The molecule has 0 aliphatic carbocycles. The van der Waals surface area contributed by atoms with Crippen molar-refractivity contribution < 1.29 is 9.47 Å². The molecule has 4 nitrogen and oxygen atoms in total. The lowest BCUT2D eigenvalue weighted by Crippen LogP contribution is -2.17. The maximum atomic E-state index is 6.32. The Morgan fingerprint density at radius 2 is 2.15 bits per heavy atom. The quantitative estimate of drug-likeness (QED) is 0.798. The van der Waals surface area contributed by atoms with Crippen LogP contribution in [0.4, 0.5) is 0 Å². The second-order valence-corrected chi connectivity index (χ2v) is 5.28. The molecule has 6 heteroatoms. The summed E-state index contributed by atoms with van der Waals surface area (Å²) >= 11 is 7.93. The first-order valence-electron chi connectivity index (χ1n) is 6.23. The number of ether oxygens (including phenoxy) is 2. The molecule has 1 aromatic heterocycles. The molecular formula is C14H17ClN2O2S. The molecule has 0 saturated heterocycles. The fraction of sp³-hybridized carbons (Fsp3) is 0.357. The van der Waals surface area contributed by atoms with Crippen molar-refractivity contribution in [1.82, 2.24) is 10.3 Å². The molecule has 2 aromatic rings. The number of nitrogens with one attached hydrogen (secondary N) is 1. The molecule has 108 valence electrons. The summed E-state index contributed by atoms with van der Waals surface area (Å²) < 4.78 is 10.5. The van der Waals surface area contributed by atoms with Crippen LogP contribution in [-0.4, -0.2) is 25.7 Å². The highest BCUT2D eigenvalue weighted by atomic mass is 35.5. The molecule has 0 amide bonds. The summed E-state index contributed by atoms with van der Waals surface area (Å²) in [6.07, 6.45) is 0.911. The smallest absolute Gasteiger partial charge is 0.179 e. The highest BCUT2D eigenvalue weighted by molar-refractivity contribution is 7.07. The third-order valence-electron chi connectivity index (χ3n) is 2.92. The van der Waals surface area contributed by atoms with E-state index in [1.807, 2.05) is 17.6 Å². The van der Waals surface area contributed by atoms with E-state index in [0.29, 0.717) is 23.1 Å². The number of benzene rings is 1. The standard InChI is InChI=1S/C14H17ClN2O2S/c1-18-12-4-3-10(13(15)14(12)19-2)7-16-6-5-11-8-20-9-17-11/h3-4,8-9,16H,5-7H2,1-2H3. The Bertz CT molecular complexity index is 546. The van der Waals surface area contributed by atoms with E-state index in [2.05, 4.69) is 15.7 Å². The van der Waals surface area contributed by atoms with Crippen molar-refractivity contribution in [3.63, 3.8) is 0 Å². The largest absolute Gasteiger partial charge is 0.493 e. The SMILES string of the molecule is COc1ccc(CNCCc2cscn2)c(Cl)c1OC. The van der Waals surface area contributed by atoms with Gasteiger partial charge in [-0.3, -0.25) is 0 Å². The van der Waals surface area contributed by atoms with Gasteiger partial charge in [0.15, 0.2) is 11.5 Å². The lowest BCUT2D eigenvalue weighted by atomic mass is 10.2. The maximum absolute atomic E-state index is 6.32. The third-order valence-corrected chi connectivity index (χ3v) is 3.97. The van der Waals surface area contributed by atoms with Gasteiger partial charge in [-0.05, 0) is 11.6 Å². The summed E-state index contributed by atoms with van der Waals surface area (Å²) in [6, 6.07) is 3.81. The van der Waals surface area contributed by atoms with Gasteiger partial charge in [0.2, 0.25) is 0 Å². The number of thiazole rings is 1. The van der Waals surface area contributed by atoms with Gasteiger partial charge in [0.05, 0.1) is 30.4 Å². The Labute approximate surface area is 127 Å². The fourth-order valence-corrected chi connectivity index (χ4v) is 2.76. The van der Waals surface area contributed by atoms with Crippen LogP contribution in [0.25, 0.3) is 0 Å². The van der Waals surface area contributed by atoms with E-state index in [1.165, 1.54) is 0 Å².